The van der Waals surface area contributed by atoms with E-state index in [0.29, 0.717) is 12.2 Å². The number of carbonyl (C=O) groups excluding carboxylic acids is 1. The second-order valence-electron chi connectivity index (χ2n) is 4.16. The highest BCUT2D eigenvalue weighted by molar-refractivity contribution is 5.84. The number of ether oxygens (including phenoxy) is 1. The van der Waals surface area contributed by atoms with Gasteiger partial charge >= 0.3 is 0 Å². The molecule has 2 N–H and O–H groups in total. The van der Waals surface area contributed by atoms with Crippen LogP contribution in [-0.4, -0.2) is 44.6 Å². The van der Waals surface area contributed by atoms with Crippen LogP contribution in [-0.2, 0) is 4.79 Å². The Morgan fingerprint density at radius 3 is 2.76 bits per heavy atom. The van der Waals surface area contributed by atoms with Gasteiger partial charge in [-0.2, -0.15) is 0 Å². The summed E-state index contributed by atoms with van der Waals surface area (Å²) in [5, 5.41) is 0. The monoisotopic (exact) mass is 235 g/mol. The molecule has 0 aromatic heterocycles. The number of benzene rings is 1. The van der Waals surface area contributed by atoms with Gasteiger partial charge in [0.15, 0.2) is 0 Å². The van der Waals surface area contributed by atoms with Gasteiger partial charge in [-0.25, -0.2) is 0 Å². The van der Waals surface area contributed by atoms with Crippen molar-refractivity contribution >= 4 is 17.3 Å². The fraction of sp³-hybridized carbons (Fsp3) is 0.417. The molecule has 1 aromatic carbocycles. The number of hydrogen-bond acceptors (Lipinski definition) is 4. The molecule has 5 heteroatoms. The van der Waals surface area contributed by atoms with E-state index < -0.39 is 0 Å². The normalized spacial score (nSPS) is 16.2. The van der Waals surface area contributed by atoms with Crippen LogP contribution in [0.5, 0.6) is 5.75 Å². The summed E-state index contributed by atoms with van der Waals surface area (Å²) in [6.07, 6.45) is 0. The number of likely N-dealkylation sites (N-methyl/N-ethyl adjacent to an activating group) is 1. The number of methoxy groups -OCH3 is 1. The van der Waals surface area contributed by atoms with E-state index >= 15 is 0 Å². The van der Waals surface area contributed by atoms with Crippen molar-refractivity contribution in [2.45, 2.75) is 0 Å². The lowest BCUT2D eigenvalue weighted by atomic mass is 10.2. The number of nitrogens with zero attached hydrogens (tertiary/aromatic N) is 2. The highest BCUT2D eigenvalue weighted by Gasteiger charge is 2.22. The van der Waals surface area contributed by atoms with Gasteiger partial charge in [0, 0.05) is 26.2 Å². The van der Waals surface area contributed by atoms with Gasteiger partial charge in [0.2, 0.25) is 5.91 Å². The zero-order valence-electron chi connectivity index (χ0n) is 10.1. The van der Waals surface area contributed by atoms with Gasteiger partial charge in [-0.1, -0.05) is 0 Å². The number of rotatable bonds is 2. The molecule has 1 aromatic rings. The van der Waals surface area contributed by atoms with Crippen molar-refractivity contribution in [1.82, 2.24) is 4.90 Å². The van der Waals surface area contributed by atoms with Gasteiger partial charge in [-0.3, -0.25) is 4.79 Å². The summed E-state index contributed by atoms with van der Waals surface area (Å²) in [5.41, 5.74) is 7.47. The molecule has 0 radical (unpaired) electrons. The Bertz CT molecular complexity index is 434. The van der Waals surface area contributed by atoms with Crippen molar-refractivity contribution in [3.05, 3.63) is 18.2 Å². The van der Waals surface area contributed by atoms with E-state index in [0.717, 1.165) is 24.5 Å². The Kier molecular flexibility index (Phi) is 3.08. The Labute approximate surface area is 101 Å². The molecule has 0 bridgehead atoms. The number of piperazine rings is 1. The fourth-order valence-corrected chi connectivity index (χ4v) is 1.89. The van der Waals surface area contributed by atoms with Crippen molar-refractivity contribution in [3.8, 4) is 5.75 Å². The van der Waals surface area contributed by atoms with E-state index in [2.05, 4.69) is 0 Å². The first-order valence-corrected chi connectivity index (χ1v) is 5.54. The molecule has 17 heavy (non-hydrogen) atoms. The molecule has 0 spiro atoms. The molecule has 92 valence electrons. The minimum atomic E-state index is 0.110. The molecular formula is C12H17N3O2. The summed E-state index contributed by atoms with van der Waals surface area (Å²) in [6, 6.07) is 5.49. The molecule has 1 saturated heterocycles. The molecule has 1 amide bonds. The summed E-state index contributed by atoms with van der Waals surface area (Å²) < 4.78 is 5.17. The van der Waals surface area contributed by atoms with E-state index in [1.165, 1.54) is 0 Å². The zero-order chi connectivity index (χ0) is 12.4. The van der Waals surface area contributed by atoms with Crippen LogP contribution in [0.3, 0.4) is 0 Å². The van der Waals surface area contributed by atoms with Crippen LogP contribution in [0.15, 0.2) is 18.2 Å². The van der Waals surface area contributed by atoms with Gasteiger partial charge in [-0.05, 0) is 12.1 Å². The first-order chi connectivity index (χ1) is 8.11. The van der Waals surface area contributed by atoms with Crippen molar-refractivity contribution < 1.29 is 9.53 Å². The average Bonchev–Trinajstić information content (AvgIpc) is 2.33. The maximum Gasteiger partial charge on any atom is 0.241 e. The van der Waals surface area contributed by atoms with E-state index in [1.807, 2.05) is 24.1 Å². The smallest absolute Gasteiger partial charge is 0.241 e. The van der Waals surface area contributed by atoms with Crippen LogP contribution in [0.4, 0.5) is 11.4 Å². The van der Waals surface area contributed by atoms with E-state index in [-0.39, 0.29) is 5.91 Å². The molecule has 0 atom stereocenters. The lowest BCUT2D eigenvalue weighted by Gasteiger charge is -2.34. The molecule has 5 nitrogen and oxygen atoms in total. The average molecular weight is 235 g/mol. The van der Waals surface area contributed by atoms with Crippen molar-refractivity contribution in [2.24, 2.45) is 0 Å². The zero-order valence-corrected chi connectivity index (χ0v) is 10.1. The van der Waals surface area contributed by atoms with Crippen molar-refractivity contribution in [2.75, 3.05) is 44.4 Å². The van der Waals surface area contributed by atoms with Gasteiger partial charge in [-0.15, -0.1) is 0 Å². The number of carbonyl (C=O) groups is 1. The number of nitrogen functional groups attached to an aromatic ring is 1. The van der Waals surface area contributed by atoms with Crippen LogP contribution >= 0.6 is 0 Å². The lowest BCUT2D eigenvalue weighted by Crippen LogP contribution is -2.48. The molecule has 0 aliphatic carbocycles. The molecule has 0 saturated carbocycles. The van der Waals surface area contributed by atoms with Gasteiger partial charge in [0.05, 0.1) is 25.0 Å². The summed E-state index contributed by atoms with van der Waals surface area (Å²) in [6.45, 7) is 1.88. The van der Waals surface area contributed by atoms with Crippen molar-refractivity contribution in [1.29, 1.82) is 0 Å². The second kappa shape index (κ2) is 4.53. The Morgan fingerprint density at radius 2 is 2.12 bits per heavy atom. The maximum absolute atomic E-state index is 11.7. The van der Waals surface area contributed by atoms with E-state index in [1.54, 1.807) is 18.1 Å². The van der Waals surface area contributed by atoms with Crippen LogP contribution in [0.1, 0.15) is 0 Å². The fourth-order valence-electron chi connectivity index (χ4n) is 1.89. The number of amides is 1. The molecule has 2 rings (SSSR count). The number of nitrogens with two attached hydrogens (primary N) is 1. The van der Waals surface area contributed by atoms with Crippen LogP contribution in [0, 0.1) is 0 Å². The maximum atomic E-state index is 11.7. The SMILES string of the molecule is COc1ccc(N)c(N2CCN(C)C(=O)C2)c1. The van der Waals surface area contributed by atoms with Crippen molar-refractivity contribution in [3.63, 3.8) is 0 Å². The summed E-state index contributed by atoms with van der Waals surface area (Å²) >= 11 is 0. The largest absolute Gasteiger partial charge is 0.497 e. The van der Waals surface area contributed by atoms with Crippen LogP contribution < -0.4 is 15.4 Å². The van der Waals surface area contributed by atoms with Gasteiger partial charge in [0.25, 0.3) is 0 Å². The molecule has 0 unspecified atom stereocenters. The van der Waals surface area contributed by atoms with Crippen LogP contribution in [0.2, 0.25) is 0 Å². The molecule has 1 aliphatic rings. The standard InChI is InChI=1S/C12H17N3O2/c1-14-5-6-15(8-12(14)16)11-7-9(17-2)3-4-10(11)13/h3-4,7H,5-6,8,13H2,1-2H3. The predicted molar refractivity (Wildman–Crippen MR) is 67.3 cm³/mol. The summed E-state index contributed by atoms with van der Waals surface area (Å²) in [7, 11) is 3.43. The third-order valence-corrected chi connectivity index (χ3v) is 3.04. The first kappa shape index (κ1) is 11.6. The molecule has 1 heterocycles. The Balaban J connectivity index is 2.24. The highest BCUT2D eigenvalue weighted by atomic mass is 16.5. The Morgan fingerprint density at radius 1 is 1.35 bits per heavy atom. The minimum Gasteiger partial charge on any atom is -0.497 e. The Hall–Kier alpha value is -1.91. The van der Waals surface area contributed by atoms with Gasteiger partial charge in [0.1, 0.15) is 5.75 Å². The quantitative estimate of drug-likeness (QED) is 0.761. The van der Waals surface area contributed by atoms with E-state index in [4.69, 9.17) is 10.5 Å². The lowest BCUT2D eigenvalue weighted by molar-refractivity contribution is -0.129. The topological polar surface area (TPSA) is 58.8 Å². The molecule has 1 fully saturated rings. The third-order valence-electron chi connectivity index (χ3n) is 3.04. The second-order valence-corrected chi connectivity index (χ2v) is 4.16. The number of hydrogen-bond donors (Lipinski definition) is 1. The third kappa shape index (κ3) is 2.27. The molecule has 1 aliphatic heterocycles. The minimum absolute atomic E-state index is 0.110. The van der Waals surface area contributed by atoms with Crippen LogP contribution in [0.25, 0.3) is 0 Å². The first-order valence-electron chi connectivity index (χ1n) is 5.54. The summed E-state index contributed by atoms with van der Waals surface area (Å²) in [4.78, 5) is 15.4. The van der Waals surface area contributed by atoms with E-state index in [9.17, 15) is 4.79 Å². The van der Waals surface area contributed by atoms with Gasteiger partial charge < -0.3 is 20.3 Å². The molecular weight excluding hydrogens is 218 g/mol. The number of anilines is 2. The highest BCUT2D eigenvalue weighted by Crippen LogP contribution is 2.28. The predicted octanol–water partition coefficient (Wildman–Crippen LogP) is 0.556. The summed E-state index contributed by atoms with van der Waals surface area (Å²) in [5.74, 6) is 0.860.